The number of benzene rings is 3. The molecule has 3 heterocycles. The zero-order chi connectivity index (χ0) is 28.9. The van der Waals surface area contributed by atoms with Crippen LogP contribution in [0.1, 0.15) is 59.4 Å². The summed E-state index contributed by atoms with van der Waals surface area (Å²) in [6.45, 7) is 5.11. The van der Waals surface area contributed by atoms with Gasteiger partial charge in [-0.3, -0.25) is 9.59 Å². The SMILES string of the molecule is O=C(N[C@@H](Cc1ccc(Cl)cc1)CN1CCC(c2ccccc2CN2CCCC2=O)CC1)[C@@H]1Cc2ccccc2CN1. The summed E-state index contributed by atoms with van der Waals surface area (Å²) >= 11 is 6.16. The van der Waals surface area contributed by atoms with E-state index in [0.29, 0.717) is 18.8 Å². The van der Waals surface area contributed by atoms with Crippen LogP contribution in [0.25, 0.3) is 0 Å². The van der Waals surface area contributed by atoms with Gasteiger partial charge in [0.05, 0.1) is 6.04 Å². The number of carbonyl (C=O) groups is 2. The second-order valence-corrected chi connectivity index (χ2v) is 12.6. The average Bonchev–Trinajstić information content (AvgIpc) is 3.42. The van der Waals surface area contributed by atoms with Gasteiger partial charge in [0.15, 0.2) is 0 Å². The first kappa shape index (κ1) is 28.9. The van der Waals surface area contributed by atoms with E-state index in [9.17, 15) is 9.59 Å². The van der Waals surface area contributed by atoms with Crippen molar-refractivity contribution in [1.82, 2.24) is 20.4 Å². The van der Waals surface area contributed by atoms with Crippen molar-refractivity contribution in [1.29, 1.82) is 0 Å². The second kappa shape index (κ2) is 13.4. The third-order valence-corrected chi connectivity index (χ3v) is 9.49. The molecule has 6 rings (SSSR count). The molecule has 0 aromatic heterocycles. The van der Waals surface area contributed by atoms with E-state index in [-0.39, 0.29) is 23.9 Å². The van der Waals surface area contributed by atoms with Gasteiger partial charge < -0.3 is 20.4 Å². The summed E-state index contributed by atoms with van der Waals surface area (Å²) < 4.78 is 0. The van der Waals surface area contributed by atoms with Gasteiger partial charge in [0.25, 0.3) is 0 Å². The van der Waals surface area contributed by atoms with E-state index < -0.39 is 0 Å². The Morgan fingerprint density at radius 2 is 1.69 bits per heavy atom. The average molecular weight is 585 g/mol. The lowest BCUT2D eigenvalue weighted by atomic mass is 9.86. The molecule has 0 spiro atoms. The number of halogens is 1. The highest BCUT2D eigenvalue weighted by Crippen LogP contribution is 2.32. The van der Waals surface area contributed by atoms with Crippen LogP contribution in [0.4, 0.5) is 0 Å². The molecule has 0 aliphatic carbocycles. The van der Waals surface area contributed by atoms with E-state index in [2.05, 4.69) is 76.2 Å². The van der Waals surface area contributed by atoms with Crippen LogP contribution in [0, 0.1) is 0 Å². The molecule has 0 radical (unpaired) electrons. The van der Waals surface area contributed by atoms with Crippen LogP contribution >= 0.6 is 11.6 Å². The van der Waals surface area contributed by atoms with Gasteiger partial charge in [-0.2, -0.15) is 0 Å². The van der Waals surface area contributed by atoms with Crippen molar-refractivity contribution < 1.29 is 9.59 Å². The number of hydrogen-bond acceptors (Lipinski definition) is 4. The molecule has 7 heteroatoms. The van der Waals surface area contributed by atoms with Crippen molar-refractivity contribution >= 4 is 23.4 Å². The molecule has 2 N–H and O–H groups in total. The zero-order valence-electron chi connectivity index (χ0n) is 24.2. The molecule has 2 atom stereocenters. The number of nitrogens with zero attached hydrogens (tertiary/aromatic N) is 2. The Morgan fingerprint density at radius 1 is 0.952 bits per heavy atom. The Morgan fingerprint density at radius 3 is 2.45 bits per heavy atom. The van der Waals surface area contributed by atoms with Gasteiger partial charge in [0.2, 0.25) is 11.8 Å². The van der Waals surface area contributed by atoms with E-state index in [1.807, 2.05) is 17.0 Å². The maximum Gasteiger partial charge on any atom is 0.237 e. The maximum absolute atomic E-state index is 13.5. The molecule has 0 saturated carbocycles. The number of rotatable bonds is 9. The zero-order valence-corrected chi connectivity index (χ0v) is 25.0. The summed E-state index contributed by atoms with van der Waals surface area (Å²) in [5, 5.41) is 7.58. The smallest absolute Gasteiger partial charge is 0.237 e. The normalized spacial score (nSPS) is 20.4. The van der Waals surface area contributed by atoms with E-state index in [1.54, 1.807) is 0 Å². The quantitative estimate of drug-likeness (QED) is 0.368. The van der Waals surface area contributed by atoms with Crippen LogP contribution in [0.5, 0.6) is 0 Å². The van der Waals surface area contributed by atoms with Crippen molar-refractivity contribution in [2.75, 3.05) is 26.2 Å². The lowest BCUT2D eigenvalue weighted by Gasteiger charge is -2.36. The summed E-state index contributed by atoms with van der Waals surface area (Å²) in [6.07, 6.45) is 5.28. The molecule has 42 heavy (non-hydrogen) atoms. The van der Waals surface area contributed by atoms with Crippen molar-refractivity contribution in [2.45, 2.75) is 69.6 Å². The Balaban J connectivity index is 1.09. The summed E-state index contributed by atoms with van der Waals surface area (Å²) in [6, 6.07) is 24.8. The molecule has 220 valence electrons. The summed E-state index contributed by atoms with van der Waals surface area (Å²) in [4.78, 5) is 30.3. The summed E-state index contributed by atoms with van der Waals surface area (Å²) in [5.41, 5.74) is 6.39. The summed E-state index contributed by atoms with van der Waals surface area (Å²) in [5.74, 6) is 0.843. The predicted octanol–water partition coefficient (Wildman–Crippen LogP) is 5.08. The van der Waals surface area contributed by atoms with Crippen LogP contribution in [-0.2, 0) is 35.5 Å². The van der Waals surface area contributed by atoms with E-state index in [1.165, 1.54) is 27.8 Å². The van der Waals surface area contributed by atoms with Crippen molar-refractivity contribution in [2.24, 2.45) is 0 Å². The van der Waals surface area contributed by atoms with Gasteiger partial charge in [-0.05, 0) is 91.1 Å². The number of hydrogen-bond donors (Lipinski definition) is 2. The van der Waals surface area contributed by atoms with E-state index in [0.717, 1.165) is 70.0 Å². The van der Waals surface area contributed by atoms with Crippen LogP contribution in [0.15, 0.2) is 72.8 Å². The van der Waals surface area contributed by atoms with Crippen molar-refractivity contribution in [3.63, 3.8) is 0 Å². The van der Waals surface area contributed by atoms with E-state index in [4.69, 9.17) is 11.6 Å². The molecule has 0 bridgehead atoms. The molecular weight excluding hydrogens is 544 g/mol. The van der Waals surface area contributed by atoms with Crippen molar-refractivity contribution in [3.8, 4) is 0 Å². The summed E-state index contributed by atoms with van der Waals surface area (Å²) in [7, 11) is 0. The standard InChI is InChI=1S/C35H41ClN4O2/c36-30-13-11-25(12-14-30)20-31(38-35(42)33-21-27-6-1-2-7-28(27)22-37-33)24-39-18-15-26(16-19-39)32-9-4-3-8-29(32)23-40-17-5-10-34(40)41/h1-4,6-9,11-14,26,31,33,37H,5,10,15-24H2,(H,38,42)/t31-,33-/m0/s1. The number of carbonyl (C=O) groups excluding carboxylic acids is 2. The van der Waals surface area contributed by atoms with Crippen LogP contribution in [0.2, 0.25) is 5.02 Å². The molecule has 0 unspecified atom stereocenters. The molecule has 3 aromatic carbocycles. The van der Waals surface area contributed by atoms with Crippen LogP contribution in [-0.4, -0.2) is 59.9 Å². The lowest BCUT2D eigenvalue weighted by Crippen LogP contribution is -2.54. The molecule has 2 saturated heterocycles. The third kappa shape index (κ3) is 7.05. The fraction of sp³-hybridized carbons (Fsp3) is 0.429. The van der Waals surface area contributed by atoms with Gasteiger partial charge in [-0.1, -0.05) is 72.3 Å². The molecule has 3 aliphatic heterocycles. The maximum atomic E-state index is 13.5. The molecule has 6 nitrogen and oxygen atoms in total. The second-order valence-electron chi connectivity index (χ2n) is 12.1. The van der Waals surface area contributed by atoms with Gasteiger partial charge >= 0.3 is 0 Å². The Labute approximate surface area is 254 Å². The number of piperidine rings is 1. The molecule has 3 aliphatic rings. The topological polar surface area (TPSA) is 64.7 Å². The first-order chi connectivity index (χ1) is 20.5. The highest BCUT2D eigenvalue weighted by atomic mass is 35.5. The largest absolute Gasteiger partial charge is 0.350 e. The first-order valence-corrected chi connectivity index (χ1v) is 15.8. The third-order valence-electron chi connectivity index (χ3n) is 9.23. The fourth-order valence-corrected chi connectivity index (χ4v) is 7.03. The highest BCUT2D eigenvalue weighted by molar-refractivity contribution is 6.30. The molecule has 2 fully saturated rings. The Bertz CT molecular complexity index is 1390. The Hall–Kier alpha value is -3.19. The van der Waals surface area contributed by atoms with Gasteiger partial charge in [-0.15, -0.1) is 0 Å². The van der Waals surface area contributed by atoms with Crippen LogP contribution in [0.3, 0.4) is 0 Å². The predicted molar refractivity (Wildman–Crippen MR) is 167 cm³/mol. The molecular formula is C35H41ClN4O2. The molecule has 3 aromatic rings. The Kier molecular flexibility index (Phi) is 9.23. The highest BCUT2D eigenvalue weighted by Gasteiger charge is 2.29. The number of amides is 2. The monoisotopic (exact) mass is 584 g/mol. The number of fused-ring (bicyclic) bond motifs is 1. The van der Waals surface area contributed by atoms with Crippen LogP contribution < -0.4 is 10.6 Å². The fourth-order valence-electron chi connectivity index (χ4n) is 6.90. The molecule has 2 amide bonds. The van der Waals surface area contributed by atoms with Gasteiger partial charge in [-0.25, -0.2) is 0 Å². The van der Waals surface area contributed by atoms with E-state index >= 15 is 0 Å². The minimum absolute atomic E-state index is 0.00246. The van der Waals surface area contributed by atoms with Crippen molar-refractivity contribution in [3.05, 3.63) is 106 Å². The number of nitrogens with one attached hydrogen (secondary N) is 2. The minimum atomic E-state index is -0.225. The number of likely N-dealkylation sites (tertiary alicyclic amines) is 2. The first-order valence-electron chi connectivity index (χ1n) is 15.4. The van der Waals surface area contributed by atoms with Gasteiger partial charge in [0.1, 0.15) is 0 Å². The van der Waals surface area contributed by atoms with Gasteiger partial charge in [0, 0.05) is 43.7 Å². The minimum Gasteiger partial charge on any atom is -0.350 e. The lowest BCUT2D eigenvalue weighted by molar-refractivity contribution is -0.128.